The Kier molecular flexibility index (Phi) is 4.48. The van der Waals surface area contributed by atoms with Gasteiger partial charge in [-0.3, -0.25) is 0 Å². The van der Waals surface area contributed by atoms with Gasteiger partial charge >= 0.3 is 0 Å². The molecule has 0 bridgehead atoms. The lowest BCUT2D eigenvalue weighted by Gasteiger charge is -2.31. The molecular weight excluding hydrogens is 378 g/mol. The number of rotatable bonds is 3. The average molecular weight is 400 g/mol. The smallest absolute Gasteiger partial charge is 0.146 e. The quantitative estimate of drug-likeness (QED) is 0.728. The zero-order chi connectivity index (χ0) is 17.4. The molecule has 0 spiro atoms. The lowest BCUT2D eigenvalue weighted by Crippen LogP contribution is -2.40. The number of nitrogens with zero attached hydrogens (tertiary/aromatic N) is 4. The second kappa shape index (κ2) is 6.77. The molecule has 1 atom stereocenters. The summed E-state index contributed by atoms with van der Waals surface area (Å²) >= 11 is 3.50. The molecule has 2 N–H and O–H groups in total. The minimum atomic E-state index is 0.211. The Balaban J connectivity index is 1.70. The van der Waals surface area contributed by atoms with Crippen molar-refractivity contribution < 1.29 is 0 Å². The summed E-state index contributed by atoms with van der Waals surface area (Å²) in [5.41, 5.74) is 8.28. The highest BCUT2D eigenvalue weighted by Crippen LogP contribution is 2.30. The van der Waals surface area contributed by atoms with E-state index in [0.717, 1.165) is 47.3 Å². The van der Waals surface area contributed by atoms with Crippen molar-refractivity contribution in [3.63, 3.8) is 0 Å². The monoisotopic (exact) mass is 399 g/mol. The van der Waals surface area contributed by atoms with E-state index in [-0.39, 0.29) is 6.04 Å². The lowest BCUT2D eigenvalue weighted by atomic mass is 10.1. The van der Waals surface area contributed by atoms with E-state index >= 15 is 0 Å². The number of hydrogen-bond donors (Lipinski definition) is 1. The van der Waals surface area contributed by atoms with Crippen LogP contribution in [0.2, 0.25) is 0 Å². The van der Waals surface area contributed by atoms with Gasteiger partial charge in [-0.25, -0.2) is 9.97 Å². The molecule has 25 heavy (non-hydrogen) atoms. The minimum Gasteiger partial charge on any atom is -0.356 e. The highest BCUT2D eigenvalue weighted by atomic mass is 79.9. The standard InChI is InChI=1S/C19H22BrN5/c1-13(14-2-4-15(20)5-3-14)25-11-8-17-18(22-12-23-19(17)25)24-9-6-16(21)7-10-24/h2-5,8,11-13,16H,6-7,9-10,21H2,1H3/t13-/m1/s1. The van der Waals surface area contributed by atoms with Crippen LogP contribution in [0.25, 0.3) is 11.0 Å². The van der Waals surface area contributed by atoms with Gasteiger partial charge in [-0.1, -0.05) is 28.1 Å². The number of anilines is 1. The van der Waals surface area contributed by atoms with Crippen molar-refractivity contribution in [3.8, 4) is 0 Å². The summed E-state index contributed by atoms with van der Waals surface area (Å²) < 4.78 is 3.31. The first kappa shape index (κ1) is 16.5. The summed E-state index contributed by atoms with van der Waals surface area (Å²) in [6.07, 6.45) is 5.82. The van der Waals surface area contributed by atoms with Crippen LogP contribution in [0.15, 0.2) is 47.3 Å². The van der Waals surface area contributed by atoms with Crippen LogP contribution >= 0.6 is 15.9 Å². The van der Waals surface area contributed by atoms with Gasteiger partial charge in [0.2, 0.25) is 0 Å². The zero-order valence-corrected chi connectivity index (χ0v) is 15.9. The molecule has 0 saturated carbocycles. The fourth-order valence-corrected chi connectivity index (χ4v) is 3.80. The van der Waals surface area contributed by atoms with Crippen molar-refractivity contribution in [2.24, 2.45) is 5.73 Å². The van der Waals surface area contributed by atoms with E-state index in [1.807, 2.05) is 0 Å². The van der Waals surface area contributed by atoms with Crippen LogP contribution in [0.1, 0.15) is 31.4 Å². The third-order valence-corrected chi connectivity index (χ3v) is 5.63. The predicted octanol–water partition coefficient (Wildman–Crippen LogP) is 3.73. The molecular formula is C19H22BrN5. The van der Waals surface area contributed by atoms with E-state index in [4.69, 9.17) is 5.73 Å². The van der Waals surface area contributed by atoms with Crippen LogP contribution in [-0.4, -0.2) is 33.7 Å². The van der Waals surface area contributed by atoms with Crippen LogP contribution in [0.3, 0.4) is 0 Å². The summed E-state index contributed by atoms with van der Waals surface area (Å²) in [5.74, 6) is 1.03. The normalized spacial score (nSPS) is 17.2. The maximum absolute atomic E-state index is 6.04. The number of halogens is 1. The van der Waals surface area contributed by atoms with Crippen LogP contribution in [-0.2, 0) is 0 Å². The van der Waals surface area contributed by atoms with Gasteiger partial charge < -0.3 is 15.2 Å². The Bertz CT molecular complexity index is 865. The van der Waals surface area contributed by atoms with E-state index in [1.165, 1.54) is 5.56 Å². The Morgan fingerprint density at radius 2 is 1.84 bits per heavy atom. The maximum atomic E-state index is 6.04. The topological polar surface area (TPSA) is 60.0 Å². The Labute approximate surface area is 156 Å². The molecule has 1 aliphatic heterocycles. The van der Waals surface area contributed by atoms with Gasteiger partial charge in [-0.15, -0.1) is 0 Å². The lowest BCUT2D eigenvalue weighted by molar-refractivity contribution is 0.499. The van der Waals surface area contributed by atoms with Gasteiger partial charge in [0.25, 0.3) is 0 Å². The largest absolute Gasteiger partial charge is 0.356 e. The molecule has 4 rings (SSSR count). The molecule has 0 unspecified atom stereocenters. The highest BCUT2D eigenvalue weighted by molar-refractivity contribution is 9.10. The zero-order valence-electron chi connectivity index (χ0n) is 14.3. The molecule has 0 amide bonds. The van der Waals surface area contributed by atoms with E-state index in [0.29, 0.717) is 6.04 Å². The number of nitrogens with two attached hydrogens (primary N) is 1. The molecule has 3 heterocycles. The molecule has 6 heteroatoms. The summed E-state index contributed by atoms with van der Waals surface area (Å²) in [6, 6.07) is 11.1. The molecule has 0 radical (unpaired) electrons. The van der Waals surface area contributed by atoms with Gasteiger partial charge in [0, 0.05) is 29.8 Å². The molecule has 1 saturated heterocycles. The first-order valence-corrected chi connectivity index (χ1v) is 9.50. The van der Waals surface area contributed by atoms with Crippen LogP contribution in [0, 0.1) is 0 Å². The molecule has 3 aromatic rings. The molecule has 1 aromatic carbocycles. The molecule has 130 valence electrons. The highest BCUT2D eigenvalue weighted by Gasteiger charge is 2.21. The van der Waals surface area contributed by atoms with E-state index in [9.17, 15) is 0 Å². The van der Waals surface area contributed by atoms with E-state index in [1.54, 1.807) is 6.33 Å². The molecule has 1 aliphatic rings. The predicted molar refractivity (Wildman–Crippen MR) is 105 cm³/mol. The van der Waals surface area contributed by atoms with Crippen LogP contribution in [0.5, 0.6) is 0 Å². The second-order valence-electron chi connectivity index (χ2n) is 6.71. The van der Waals surface area contributed by atoms with Crippen molar-refractivity contribution in [3.05, 3.63) is 52.9 Å². The van der Waals surface area contributed by atoms with Crippen molar-refractivity contribution in [2.45, 2.75) is 31.8 Å². The van der Waals surface area contributed by atoms with Crippen molar-refractivity contribution in [1.82, 2.24) is 14.5 Å². The molecule has 0 aliphatic carbocycles. The van der Waals surface area contributed by atoms with Crippen molar-refractivity contribution in [2.75, 3.05) is 18.0 Å². The molecule has 5 nitrogen and oxygen atoms in total. The third-order valence-electron chi connectivity index (χ3n) is 5.10. The van der Waals surface area contributed by atoms with E-state index < -0.39 is 0 Å². The van der Waals surface area contributed by atoms with Gasteiger partial charge in [0.15, 0.2) is 0 Å². The molecule has 1 fully saturated rings. The van der Waals surface area contributed by atoms with Crippen LogP contribution in [0.4, 0.5) is 5.82 Å². The minimum absolute atomic E-state index is 0.211. The average Bonchev–Trinajstić information content (AvgIpc) is 3.06. The maximum Gasteiger partial charge on any atom is 0.146 e. The number of benzene rings is 1. The van der Waals surface area contributed by atoms with Gasteiger partial charge in [-0.2, -0.15) is 0 Å². The summed E-state index contributed by atoms with van der Waals surface area (Å²) in [6.45, 7) is 4.12. The third kappa shape index (κ3) is 3.16. The fourth-order valence-electron chi connectivity index (χ4n) is 3.54. The first-order valence-electron chi connectivity index (χ1n) is 8.71. The number of fused-ring (bicyclic) bond motifs is 1. The van der Waals surface area contributed by atoms with E-state index in [2.05, 4.69) is 78.8 Å². The number of piperidine rings is 1. The Morgan fingerprint density at radius 3 is 2.56 bits per heavy atom. The summed E-state index contributed by atoms with van der Waals surface area (Å²) in [7, 11) is 0. The Morgan fingerprint density at radius 1 is 1.12 bits per heavy atom. The number of aromatic nitrogens is 3. The molecule has 2 aromatic heterocycles. The van der Waals surface area contributed by atoms with Crippen molar-refractivity contribution in [1.29, 1.82) is 0 Å². The van der Waals surface area contributed by atoms with Crippen molar-refractivity contribution >= 4 is 32.8 Å². The van der Waals surface area contributed by atoms with Gasteiger partial charge in [0.05, 0.1) is 11.4 Å². The SMILES string of the molecule is C[C@H](c1ccc(Br)cc1)n1ccc2c(N3CCC(N)CC3)ncnc21. The van der Waals surface area contributed by atoms with Gasteiger partial charge in [-0.05, 0) is 43.5 Å². The van der Waals surface area contributed by atoms with Gasteiger partial charge in [0.1, 0.15) is 17.8 Å². The summed E-state index contributed by atoms with van der Waals surface area (Å²) in [4.78, 5) is 11.5. The Hall–Kier alpha value is -1.92. The fraction of sp³-hybridized carbons (Fsp3) is 0.368. The first-order chi connectivity index (χ1) is 12.1. The van der Waals surface area contributed by atoms with Crippen LogP contribution < -0.4 is 10.6 Å². The summed E-state index contributed by atoms with van der Waals surface area (Å²) in [5, 5.41) is 1.11. The number of hydrogen-bond acceptors (Lipinski definition) is 4. The second-order valence-corrected chi connectivity index (χ2v) is 7.63.